The van der Waals surface area contributed by atoms with E-state index in [1.807, 2.05) is 6.92 Å². The van der Waals surface area contributed by atoms with E-state index >= 15 is 0 Å². The van der Waals surface area contributed by atoms with E-state index in [1.165, 1.54) is 4.90 Å². The highest BCUT2D eigenvalue weighted by Crippen LogP contribution is 2.22. The van der Waals surface area contributed by atoms with Crippen LogP contribution in [-0.2, 0) is 4.79 Å². The molecular formula is C15H19NO5. The Kier molecular flexibility index (Phi) is 4.80. The largest absolute Gasteiger partial charge is 0.494 e. The number of hydrogen-bond donors (Lipinski definition) is 2. The molecule has 1 amide bonds. The normalized spacial score (nSPS) is 21.3. The quantitative estimate of drug-likeness (QED) is 0.850. The topological polar surface area (TPSA) is 87.1 Å². The zero-order valence-electron chi connectivity index (χ0n) is 11.9. The van der Waals surface area contributed by atoms with Gasteiger partial charge in [0.25, 0.3) is 5.91 Å². The van der Waals surface area contributed by atoms with Crippen molar-refractivity contribution in [3.63, 3.8) is 0 Å². The second kappa shape index (κ2) is 6.58. The van der Waals surface area contributed by atoms with Gasteiger partial charge in [-0.2, -0.15) is 0 Å². The van der Waals surface area contributed by atoms with Gasteiger partial charge in [0.15, 0.2) is 0 Å². The predicted octanol–water partition coefficient (Wildman–Crippen LogP) is 1.14. The summed E-state index contributed by atoms with van der Waals surface area (Å²) in [5.74, 6) is -0.812. The summed E-state index contributed by atoms with van der Waals surface area (Å²) in [4.78, 5) is 24.7. The third-order valence-electron chi connectivity index (χ3n) is 3.40. The highest BCUT2D eigenvalue weighted by molar-refractivity contribution is 5.97. The second-order valence-corrected chi connectivity index (χ2v) is 5.07. The van der Waals surface area contributed by atoms with Gasteiger partial charge in [0.2, 0.25) is 0 Å². The summed E-state index contributed by atoms with van der Waals surface area (Å²) >= 11 is 0. The molecule has 2 N–H and O–H groups in total. The lowest BCUT2D eigenvalue weighted by Crippen LogP contribution is -2.40. The number of aliphatic hydroxyl groups is 1. The number of nitrogens with zero attached hydrogens (tertiary/aromatic N) is 1. The fourth-order valence-corrected chi connectivity index (χ4v) is 2.35. The summed E-state index contributed by atoms with van der Waals surface area (Å²) in [5, 5.41) is 18.7. The number of β-amino-alcohol motifs (C(OH)–C–C–N with tert-alkyl or cyclic N) is 1. The van der Waals surface area contributed by atoms with Crippen molar-refractivity contribution in [3.05, 3.63) is 29.8 Å². The van der Waals surface area contributed by atoms with Crippen LogP contribution < -0.4 is 4.74 Å². The number of benzene rings is 1. The second-order valence-electron chi connectivity index (χ2n) is 5.07. The van der Waals surface area contributed by atoms with Gasteiger partial charge < -0.3 is 19.8 Å². The van der Waals surface area contributed by atoms with Gasteiger partial charge in [0, 0.05) is 18.5 Å². The molecule has 1 fully saturated rings. The summed E-state index contributed by atoms with van der Waals surface area (Å²) in [6.07, 6.45) is 0.174. The van der Waals surface area contributed by atoms with Gasteiger partial charge in [0.05, 0.1) is 12.7 Å². The fourth-order valence-electron chi connectivity index (χ4n) is 2.35. The lowest BCUT2D eigenvalue weighted by Gasteiger charge is -2.21. The standard InChI is InChI=1S/C15H19NO5/c1-2-7-21-12-5-3-10(4-6-12)14(18)16-9-11(17)8-13(16)15(19)20/h3-6,11,13,17H,2,7-9H2,1H3,(H,19,20). The fraction of sp³-hybridized carbons (Fsp3) is 0.467. The smallest absolute Gasteiger partial charge is 0.326 e. The van der Waals surface area contributed by atoms with E-state index < -0.39 is 18.1 Å². The summed E-state index contributed by atoms with van der Waals surface area (Å²) in [6.45, 7) is 2.65. The number of carbonyl (C=O) groups is 2. The van der Waals surface area contributed by atoms with Crippen LogP contribution in [0.25, 0.3) is 0 Å². The van der Waals surface area contributed by atoms with E-state index in [4.69, 9.17) is 9.84 Å². The van der Waals surface area contributed by atoms with E-state index in [-0.39, 0.29) is 18.9 Å². The molecule has 1 heterocycles. The van der Waals surface area contributed by atoms with Gasteiger partial charge in [0.1, 0.15) is 11.8 Å². The summed E-state index contributed by atoms with van der Waals surface area (Å²) in [7, 11) is 0. The number of carboxylic acids is 1. The molecule has 0 radical (unpaired) electrons. The number of rotatable bonds is 5. The van der Waals surface area contributed by atoms with Gasteiger partial charge in [-0.15, -0.1) is 0 Å². The lowest BCUT2D eigenvalue weighted by atomic mass is 10.1. The molecule has 0 bridgehead atoms. The first kappa shape index (κ1) is 15.3. The Bertz CT molecular complexity index is 513. The zero-order valence-corrected chi connectivity index (χ0v) is 11.9. The molecule has 6 nitrogen and oxygen atoms in total. The van der Waals surface area contributed by atoms with E-state index in [2.05, 4.69) is 0 Å². The first-order valence-corrected chi connectivity index (χ1v) is 6.97. The van der Waals surface area contributed by atoms with Crippen LogP contribution in [0, 0.1) is 0 Å². The van der Waals surface area contributed by atoms with Crippen LogP contribution in [0.4, 0.5) is 0 Å². The molecular weight excluding hydrogens is 274 g/mol. The average molecular weight is 293 g/mol. The van der Waals surface area contributed by atoms with Gasteiger partial charge >= 0.3 is 5.97 Å². The maximum atomic E-state index is 12.3. The Morgan fingerprint density at radius 1 is 1.33 bits per heavy atom. The van der Waals surface area contributed by atoms with Crippen LogP contribution in [0.15, 0.2) is 24.3 Å². The molecule has 0 aliphatic carbocycles. The molecule has 1 aliphatic heterocycles. The average Bonchev–Trinajstić information content (AvgIpc) is 2.87. The van der Waals surface area contributed by atoms with Gasteiger partial charge in [-0.3, -0.25) is 4.79 Å². The lowest BCUT2D eigenvalue weighted by molar-refractivity contribution is -0.141. The van der Waals surface area contributed by atoms with Crippen molar-refractivity contribution in [2.75, 3.05) is 13.2 Å². The number of aliphatic hydroxyl groups excluding tert-OH is 1. The molecule has 114 valence electrons. The van der Waals surface area contributed by atoms with Gasteiger partial charge in [-0.25, -0.2) is 4.79 Å². The van der Waals surface area contributed by atoms with E-state index in [0.717, 1.165) is 6.42 Å². The van der Waals surface area contributed by atoms with Crippen LogP contribution in [0.2, 0.25) is 0 Å². The maximum Gasteiger partial charge on any atom is 0.326 e. The molecule has 0 saturated carbocycles. The number of ether oxygens (including phenoxy) is 1. The minimum Gasteiger partial charge on any atom is -0.494 e. The number of carboxylic acid groups (broad SMARTS) is 1. The minimum absolute atomic E-state index is 0.0455. The molecule has 1 saturated heterocycles. The van der Waals surface area contributed by atoms with Crippen LogP contribution in [0.3, 0.4) is 0 Å². The molecule has 2 rings (SSSR count). The number of amides is 1. The predicted molar refractivity (Wildman–Crippen MR) is 75.3 cm³/mol. The monoisotopic (exact) mass is 293 g/mol. The number of aliphatic carboxylic acids is 1. The summed E-state index contributed by atoms with van der Waals surface area (Å²) in [6, 6.07) is 5.62. The van der Waals surface area contributed by atoms with Crippen molar-refractivity contribution in [1.29, 1.82) is 0 Å². The SMILES string of the molecule is CCCOc1ccc(C(=O)N2CC(O)CC2C(=O)O)cc1. The van der Waals surface area contributed by atoms with Crippen LogP contribution in [-0.4, -0.2) is 52.3 Å². The Morgan fingerprint density at radius 2 is 2.00 bits per heavy atom. The summed E-state index contributed by atoms with van der Waals surface area (Å²) in [5.41, 5.74) is 0.388. The van der Waals surface area contributed by atoms with Crippen molar-refractivity contribution in [2.24, 2.45) is 0 Å². The van der Waals surface area contributed by atoms with Crippen LogP contribution in [0.1, 0.15) is 30.1 Å². The number of hydrogen-bond acceptors (Lipinski definition) is 4. The number of likely N-dealkylation sites (tertiary alicyclic amines) is 1. The van der Waals surface area contributed by atoms with E-state index in [1.54, 1.807) is 24.3 Å². The molecule has 6 heteroatoms. The maximum absolute atomic E-state index is 12.3. The first-order valence-electron chi connectivity index (χ1n) is 6.97. The van der Waals surface area contributed by atoms with Crippen molar-refractivity contribution < 1.29 is 24.5 Å². The van der Waals surface area contributed by atoms with Crippen molar-refractivity contribution in [1.82, 2.24) is 4.90 Å². The molecule has 0 spiro atoms. The van der Waals surface area contributed by atoms with Gasteiger partial charge in [-0.05, 0) is 30.7 Å². The van der Waals surface area contributed by atoms with Crippen molar-refractivity contribution in [2.45, 2.75) is 31.9 Å². The first-order chi connectivity index (χ1) is 10.0. The molecule has 2 unspecified atom stereocenters. The van der Waals surface area contributed by atoms with Crippen LogP contribution in [0.5, 0.6) is 5.75 Å². The highest BCUT2D eigenvalue weighted by Gasteiger charge is 2.39. The third kappa shape index (κ3) is 3.52. The number of carbonyl (C=O) groups excluding carboxylic acids is 1. The summed E-state index contributed by atoms with van der Waals surface area (Å²) < 4.78 is 5.43. The Balaban J connectivity index is 2.10. The van der Waals surface area contributed by atoms with E-state index in [0.29, 0.717) is 17.9 Å². The minimum atomic E-state index is -1.09. The van der Waals surface area contributed by atoms with Crippen molar-refractivity contribution in [3.8, 4) is 5.75 Å². The third-order valence-corrected chi connectivity index (χ3v) is 3.40. The highest BCUT2D eigenvalue weighted by atomic mass is 16.5. The molecule has 21 heavy (non-hydrogen) atoms. The molecule has 0 aromatic heterocycles. The molecule has 1 aromatic carbocycles. The van der Waals surface area contributed by atoms with Crippen LogP contribution >= 0.6 is 0 Å². The molecule has 1 aromatic rings. The van der Waals surface area contributed by atoms with Crippen molar-refractivity contribution >= 4 is 11.9 Å². The Hall–Kier alpha value is -2.08. The Labute approximate surface area is 122 Å². The molecule has 2 atom stereocenters. The molecule has 1 aliphatic rings. The van der Waals surface area contributed by atoms with Gasteiger partial charge in [-0.1, -0.05) is 6.92 Å². The Morgan fingerprint density at radius 3 is 2.57 bits per heavy atom. The van der Waals surface area contributed by atoms with E-state index in [9.17, 15) is 14.7 Å². The zero-order chi connectivity index (χ0) is 15.4.